The number of pyridine rings is 1. The van der Waals surface area contributed by atoms with E-state index in [1.54, 1.807) is 18.4 Å². The van der Waals surface area contributed by atoms with Gasteiger partial charge in [-0.1, -0.05) is 12.5 Å². The quantitative estimate of drug-likeness (QED) is 0.782. The van der Waals surface area contributed by atoms with E-state index in [0.29, 0.717) is 32.2 Å². The molecule has 0 unspecified atom stereocenters. The van der Waals surface area contributed by atoms with Gasteiger partial charge in [-0.15, -0.1) is 0 Å². The molecule has 7 heteroatoms. The second-order valence-corrected chi connectivity index (χ2v) is 9.44. The van der Waals surface area contributed by atoms with Gasteiger partial charge in [-0.3, -0.25) is 4.98 Å². The number of hydrogen-bond donors (Lipinski definition) is 0. The Kier molecular flexibility index (Phi) is 4.97. The van der Waals surface area contributed by atoms with Crippen LogP contribution in [-0.2, 0) is 21.6 Å². The molecule has 1 aromatic heterocycles. The van der Waals surface area contributed by atoms with Crippen LogP contribution < -0.4 is 0 Å². The van der Waals surface area contributed by atoms with Crippen molar-refractivity contribution in [3.63, 3.8) is 0 Å². The summed E-state index contributed by atoms with van der Waals surface area (Å²) in [4.78, 5) is 4.46. The Morgan fingerprint density at radius 2 is 2.21 bits per heavy atom. The average Bonchev–Trinajstić information content (AvgIpc) is 3.04. The number of nitrogens with zero attached hydrogens (tertiary/aromatic N) is 3. The van der Waals surface area contributed by atoms with E-state index in [1.165, 1.54) is 4.31 Å². The molecule has 0 radical (unpaired) electrons. The maximum atomic E-state index is 12.4. The van der Waals surface area contributed by atoms with Gasteiger partial charge < -0.3 is 4.74 Å². The smallest absolute Gasteiger partial charge is 0.281 e. The van der Waals surface area contributed by atoms with Crippen molar-refractivity contribution >= 4 is 10.2 Å². The SMILES string of the molecule is Cc1cccc(COC[C@@]23CCC[C@@H]2CN(S(=O)(=O)N(C)C)C3)n1. The third-order valence-corrected chi connectivity index (χ3v) is 7.24. The number of hydrogen-bond acceptors (Lipinski definition) is 4. The molecule has 6 nitrogen and oxygen atoms in total. The second-order valence-electron chi connectivity index (χ2n) is 7.30. The lowest BCUT2D eigenvalue weighted by Gasteiger charge is -2.29. The predicted molar refractivity (Wildman–Crippen MR) is 92.6 cm³/mol. The maximum Gasteiger partial charge on any atom is 0.281 e. The Bertz CT molecular complexity index is 692. The van der Waals surface area contributed by atoms with E-state index in [1.807, 2.05) is 25.1 Å². The van der Waals surface area contributed by atoms with E-state index in [0.717, 1.165) is 30.7 Å². The monoisotopic (exact) mass is 353 g/mol. The summed E-state index contributed by atoms with van der Waals surface area (Å²) in [6, 6.07) is 5.92. The lowest BCUT2D eigenvalue weighted by molar-refractivity contribution is 0.0276. The van der Waals surface area contributed by atoms with E-state index in [2.05, 4.69) is 4.98 Å². The summed E-state index contributed by atoms with van der Waals surface area (Å²) >= 11 is 0. The van der Waals surface area contributed by atoms with Crippen LogP contribution in [-0.4, -0.2) is 55.8 Å². The maximum absolute atomic E-state index is 12.4. The van der Waals surface area contributed by atoms with Crippen LogP contribution in [0.3, 0.4) is 0 Å². The van der Waals surface area contributed by atoms with Crippen LogP contribution >= 0.6 is 0 Å². The zero-order chi connectivity index (χ0) is 17.4. The van der Waals surface area contributed by atoms with Gasteiger partial charge in [0.25, 0.3) is 10.2 Å². The topological polar surface area (TPSA) is 62.7 Å². The van der Waals surface area contributed by atoms with Gasteiger partial charge in [-0.25, -0.2) is 0 Å². The molecule has 24 heavy (non-hydrogen) atoms. The molecule has 1 aliphatic heterocycles. The standard InChI is InChI=1S/C17H27N3O3S/c1-14-6-4-8-16(18-14)11-23-13-17-9-5-7-15(17)10-20(12-17)24(21,22)19(2)3/h4,6,8,15H,5,7,9-13H2,1-3H3/t15-,17+/m1/s1. The molecule has 2 fully saturated rings. The fourth-order valence-electron chi connectivity index (χ4n) is 4.05. The Morgan fingerprint density at radius 1 is 1.42 bits per heavy atom. The third-order valence-electron chi connectivity index (χ3n) is 5.38. The molecular weight excluding hydrogens is 326 g/mol. The zero-order valence-corrected chi connectivity index (χ0v) is 15.6. The fourth-order valence-corrected chi connectivity index (χ4v) is 5.30. The molecular formula is C17H27N3O3S. The average molecular weight is 353 g/mol. The van der Waals surface area contributed by atoms with Gasteiger partial charge in [-0.2, -0.15) is 17.0 Å². The largest absolute Gasteiger partial charge is 0.375 e. The van der Waals surface area contributed by atoms with Crippen molar-refractivity contribution in [2.75, 3.05) is 33.8 Å². The van der Waals surface area contributed by atoms with E-state index < -0.39 is 10.2 Å². The molecule has 1 aliphatic carbocycles. The molecule has 134 valence electrons. The van der Waals surface area contributed by atoms with Crippen molar-refractivity contribution in [1.82, 2.24) is 13.6 Å². The van der Waals surface area contributed by atoms with E-state index in [9.17, 15) is 8.42 Å². The molecule has 2 aliphatic rings. The molecule has 0 spiro atoms. The van der Waals surface area contributed by atoms with Crippen LogP contribution in [0.25, 0.3) is 0 Å². The summed E-state index contributed by atoms with van der Waals surface area (Å²) in [7, 11) is -0.154. The summed E-state index contributed by atoms with van der Waals surface area (Å²) < 4.78 is 33.8. The van der Waals surface area contributed by atoms with Gasteiger partial charge in [0.15, 0.2) is 0 Å². The molecule has 0 N–H and O–H groups in total. The number of rotatable bonds is 6. The Balaban J connectivity index is 1.65. The first-order valence-corrected chi connectivity index (χ1v) is 9.91. The fraction of sp³-hybridized carbons (Fsp3) is 0.706. The number of aryl methyl sites for hydroxylation is 1. The summed E-state index contributed by atoms with van der Waals surface area (Å²) in [5.74, 6) is 0.401. The van der Waals surface area contributed by atoms with Crippen LogP contribution in [0.1, 0.15) is 30.7 Å². The number of ether oxygens (including phenoxy) is 1. The Hall–Kier alpha value is -1.02. The van der Waals surface area contributed by atoms with E-state index >= 15 is 0 Å². The molecule has 0 aromatic carbocycles. The van der Waals surface area contributed by atoms with Crippen LogP contribution in [0, 0.1) is 18.3 Å². The summed E-state index contributed by atoms with van der Waals surface area (Å²) in [5.41, 5.74) is 1.88. The minimum Gasteiger partial charge on any atom is -0.375 e. The van der Waals surface area contributed by atoms with Crippen molar-refractivity contribution < 1.29 is 13.2 Å². The van der Waals surface area contributed by atoms with Gasteiger partial charge in [-0.05, 0) is 37.8 Å². The Labute approximate surface area is 145 Å². The zero-order valence-electron chi connectivity index (χ0n) is 14.7. The summed E-state index contributed by atoms with van der Waals surface area (Å²) in [6.07, 6.45) is 3.29. The van der Waals surface area contributed by atoms with Crippen LogP contribution in [0.15, 0.2) is 18.2 Å². The van der Waals surface area contributed by atoms with Crippen molar-refractivity contribution in [1.29, 1.82) is 0 Å². The minimum atomic E-state index is -3.34. The highest BCUT2D eigenvalue weighted by Crippen LogP contribution is 2.49. The van der Waals surface area contributed by atoms with Crippen molar-refractivity contribution in [2.24, 2.45) is 11.3 Å². The van der Waals surface area contributed by atoms with Crippen LogP contribution in [0.2, 0.25) is 0 Å². The van der Waals surface area contributed by atoms with Crippen LogP contribution in [0.5, 0.6) is 0 Å². The molecule has 0 amide bonds. The van der Waals surface area contributed by atoms with Gasteiger partial charge in [0.1, 0.15) is 0 Å². The first kappa shape index (κ1) is 17.8. The van der Waals surface area contributed by atoms with Crippen molar-refractivity contribution in [3.8, 4) is 0 Å². The molecule has 1 saturated carbocycles. The number of aromatic nitrogens is 1. The lowest BCUT2D eigenvalue weighted by Crippen LogP contribution is -2.40. The molecule has 0 bridgehead atoms. The lowest BCUT2D eigenvalue weighted by atomic mass is 9.82. The van der Waals surface area contributed by atoms with Gasteiger partial charge >= 0.3 is 0 Å². The molecule has 1 saturated heterocycles. The highest BCUT2D eigenvalue weighted by atomic mass is 32.2. The number of fused-ring (bicyclic) bond motifs is 1. The normalized spacial score (nSPS) is 27.8. The summed E-state index contributed by atoms with van der Waals surface area (Å²) in [5, 5.41) is 0. The summed E-state index contributed by atoms with van der Waals surface area (Å²) in [6.45, 7) is 4.24. The highest BCUT2D eigenvalue weighted by molar-refractivity contribution is 7.86. The second kappa shape index (κ2) is 6.71. The molecule has 2 atom stereocenters. The molecule has 1 aromatic rings. The Morgan fingerprint density at radius 3 is 2.92 bits per heavy atom. The first-order chi connectivity index (χ1) is 11.3. The minimum absolute atomic E-state index is 0.0348. The van der Waals surface area contributed by atoms with Gasteiger partial charge in [0.05, 0.1) is 18.9 Å². The van der Waals surface area contributed by atoms with E-state index in [4.69, 9.17) is 4.74 Å². The van der Waals surface area contributed by atoms with Crippen LogP contribution in [0.4, 0.5) is 0 Å². The predicted octanol–water partition coefficient (Wildman–Crippen LogP) is 1.82. The van der Waals surface area contributed by atoms with Gasteiger partial charge in [0.2, 0.25) is 0 Å². The first-order valence-electron chi connectivity index (χ1n) is 8.51. The third kappa shape index (κ3) is 3.35. The highest BCUT2D eigenvalue weighted by Gasteiger charge is 2.52. The van der Waals surface area contributed by atoms with Crippen molar-refractivity contribution in [3.05, 3.63) is 29.6 Å². The van der Waals surface area contributed by atoms with Crippen molar-refractivity contribution in [2.45, 2.75) is 32.8 Å². The molecule has 2 heterocycles. The van der Waals surface area contributed by atoms with E-state index in [-0.39, 0.29) is 5.41 Å². The molecule has 3 rings (SSSR count). The van der Waals surface area contributed by atoms with Gasteiger partial charge in [0, 0.05) is 38.3 Å².